The molecule has 0 aliphatic carbocycles. The van der Waals surface area contributed by atoms with Gasteiger partial charge in [-0.2, -0.15) is 0 Å². The molecule has 0 spiro atoms. The van der Waals surface area contributed by atoms with Gasteiger partial charge in [-0.25, -0.2) is 9.10 Å². The minimum atomic E-state index is -0.343. The molecule has 0 aliphatic rings. The number of urea groups is 1. The zero-order chi connectivity index (χ0) is 13.3. The summed E-state index contributed by atoms with van der Waals surface area (Å²) in [4.78, 5) is 12.0. The predicted molar refractivity (Wildman–Crippen MR) is 73.8 cm³/mol. The predicted octanol–water partition coefficient (Wildman–Crippen LogP) is 2.99. The van der Waals surface area contributed by atoms with Gasteiger partial charge < -0.3 is 9.84 Å². The fraction of sp³-hybridized carbons (Fsp3) is 0.333. The highest BCUT2D eigenvalue weighted by atomic mass is 32.1. The number of nitrogens with one attached hydrogen (secondary N) is 1. The van der Waals surface area contributed by atoms with E-state index in [1.165, 1.54) is 0 Å². The minimum absolute atomic E-state index is 0.336. The number of fused-ring (bicyclic) bond motifs is 1. The highest BCUT2D eigenvalue weighted by Crippen LogP contribution is 2.27. The lowest BCUT2D eigenvalue weighted by Crippen LogP contribution is -2.45. The van der Waals surface area contributed by atoms with Gasteiger partial charge in [-0.05, 0) is 32.9 Å². The third kappa shape index (κ3) is 2.59. The van der Waals surface area contributed by atoms with E-state index in [0.29, 0.717) is 11.4 Å². The Morgan fingerprint density at radius 2 is 2.06 bits per heavy atom. The molecule has 0 saturated carbocycles. The maximum atomic E-state index is 12.0. The van der Waals surface area contributed by atoms with Crippen LogP contribution in [0.5, 0.6) is 0 Å². The van der Waals surface area contributed by atoms with Gasteiger partial charge in [0.1, 0.15) is 0 Å². The minimum Gasteiger partial charge on any atom is -0.354 e. The number of nitrogens with zero attached hydrogens (tertiary/aromatic N) is 2. The zero-order valence-corrected chi connectivity index (χ0v) is 11.4. The molecule has 0 aliphatic heterocycles. The number of hydrogen-bond donors (Lipinski definition) is 2. The van der Waals surface area contributed by atoms with Crippen LogP contribution in [0.15, 0.2) is 28.8 Å². The Bertz CT molecular complexity index is 574. The monoisotopic (exact) mass is 265 g/mol. The van der Waals surface area contributed by atoms with Crippen LogP contribution in [-0.4, -0.2) is 16.7 Å². The van der Waals surface area contributed by atoms with E-state index >= 15 is 0 Å². The maximum Gasteiger partial charge on any atom is 0.333 e. The van der Waals surface area contributed by atoms with Crippen molar-refractivity contribution in [1.82, 2.24) is 10.5 Å². The van der Waals surface area contributed by atoms with Crippen molar-refractivity contribution in [1.29, 1.82) is 0 Å². The molecule has 0 fully saturated rings. The van der Waals surface area contributed by atoms with Gasteiger partial charge in [0, 0.05) is 5.54 Å². The average Bonchev–Trinajstić information content (AvgIpc) is 2.69. The van der Waals surface area contributed by atoms with Gasteiger partial charge in [0.2, 0.25) is 0 Å². The molecule has 0 radical (unpaired) electrons. The van der Waals surface area contributed by atoms with E-state index in [0.717, 1.165) is 9.69 Å². The highest BCUT2D eigenvalue weighted by Gasteiger charge is 2.22. The summed E-state index contributed by atoms with van der Waals surface area (Å²) < 4.78 is 6.28. The summed E-state index contributed by atoms with van der Waals surface area (Å²) in [5, 5.41) is 7.41. The molecule has 2 aromatic rings. The number of hydrogen-bond acceptors (Lipinski definition) is 4. The maximum absolute atomic E-state index is 12.0. The van der Waals surface area contributed by atoms with Crippen LogP contribution >= 0.6 is 12.8 Å². The molecule has 1 aromatic carbocycles. The first-order chi connectivity index (χ1) is 8.38. The third-order valence-electron chi connectivity index (χ3n) is 2.23. The number of rotatable bonds is 1. The number of aromatic nitrogens is 1. The summed E-state index contributed by atoms with van der Waals surface area (Å²) in [7, 11) is 0. The molecule has 1 heterocycles. The second-order valence-electron chi connectivity index (χ2n) is 4.99. The zero-order valence-electron chi connectivity index (χ0n) is 10.5. The van der Waals surface area contributed by atoms with Crippen LogP contribution in [0.25, 0.3) is 11.0 Å². The number of carbonyl (C=O) groups excluding carboxylic acids is 1. The van der Waals surface area contributed by atoms with Crippen LogP contribution in [0.1, 0.15) is 20.8 Å². The molecule has 2 rings (SSSR count). The van der Waals surface area contributed by atoms with E-state index in [4.69, 9.17) is 4.52 Å². The normalized spacial score (nSPS) is 11.6. The smallest absolute Gasteiger partial charge is 0.333 e. The van der Waals surface area contributed by atoms with Crippen molar-refractivity contribution < 1.29 is 9.32 Å². The molecule has 5 nitrogen and oxygen atoms in total. The van der Waals surface area contributed by atoms with Crippen LogP contribution in [0, 0.1) is 0 Å². The van der Waals surface area contributed by atoms with Crippen LogP contribution in [0.4, 0.5) is 10.6 Å². The van der Waals surface area contributed by atoms with Crippen molar-refractivity contribution in [3.63, 3.8) is 0 Å². The van der Waals surface area contributed by atoms with E-state index in [9.17, 15) is 4.79 Å². The molecule has 1 aromatic heterocycles. The Morgan fingerprint density at radius 1 is 1.39 bits per heavy atom. The molecule has 6 heteroatoms. The lowest BCUT2D eigenvalue weighted by molar-refractivity contribution is 0.241. The van der Waals surface area contributed by atoms with E-state index in [1.807, 2.05) is 39.0 Å². The van der Waals surface area contributed by atoms with Crippen molar-refractivity contribution >= 4 is 35.6 Å². The quantitative estimate of drug-likeness (QED) is 0.779. The second kappa shape index (κ2) is 4.53. The molecule has 1 N–H and O–H groups in total. The van der Waals surface area contributed by atoms with Crippen LogP contribution in [-0.2, 0) is 0 Å². The average molecular weight is 265 g/mol. The second-order valence-corrected chi connectivity index (χ2v) is 5.39. The number of benzene rings is 1. The first kappa shape index (κ1) is 12.8. The Morgan fingerprint density at radius 3 is 2.72 bits per heavy atom. The number of anilines is 1. The molecule has 0 unspecified atom stereocenters. The van der Waals surface area contributed by atoms with Crippen LogP contribution < -0.4 is 9.62 Å². The Kier molecular flexibility index (Phi) is 3.21. The van der Waals surface area contributed by atoms with Gasteiger partial charge in [0.05, 0.1) is 5.39 Å². The van der Waals surface area contributed by atoms with E-state index in [1.54, 1.807) is 6.07 Å². The largest absolute Gasteiger partial charge is 0.354 e. The number of para-hydroxylation sites is 1. The third-order valence-corrected chi connectivity index (χ3v) is 2.60. The Labute approximate surface area is 111 Å². The Balaban J connectivity index is 2.28. The molecule has 0 saturated heterocycles. The number of carbonyl (C=O) groups is 1. The van der Waals surface area contributed by atoms with Gasteiger partial charge in [0.25, 0.3) is 0 Å². The van der Waals surface area contributed by atoms with Crippen molar-refractivity contribution in [3.05, 3.63) is 24.3 Å². The van der Waals surface area contributed by atoms with E-state index < -0.39 is 0 Å². The SMILES string of the molecule is CC(C)(C)NC(=O)N(S)c1noc2ccccc12. The standard InChI is InChI=1S/C12H15N3O2S/c1-12(2,3)13-11(16)15(18)10-8-6-4-5-7-9(8)17-14-10/h4-7,18H,1-3H3,(H,13,16). The summed E-state index contributed by atoms with van der Waals surface area (Å²) in [5.41, 5.74) is 0.285. The summed E-state index contributed by atoms with van der Waals surface area (Å²) in [6.07, 6.45) is 0. The number of amides is 2. The fourth-order valence-electron chi connectivity index (χ4n) is 1.50. The lowest BCUT2D eigenvalue weighted by Gasteiger charge is -2.23. The molecule has 2 amide bonds. The topological polar surface area (TPSA) is 58.4 Å². The van der Waals surface area contributed by atoms with E-state index in [2.05, 4.69) is 23.3 Å². The van der Waals surface area contributed by atoms with Crippen molar-refractivity contribution in [2.45, 2.75) is 26.3 Å². The Hall–Kier alpha value is -1.69. The number of thiol groups is 1. The van der Waals surface area contributed by atoms with Gasteiger partial charge in [-0.3, -0.25) is 0 Å². The van der Waals surface area contributed by atoms with Gasteiger partial charge in [-0.15, -0.1) is 0 Å². The molecule has 96 valence electrons. The summed E-state index contributed by atoms with van der Waals surface area (Å²) >= 11 is 4.17. The summed E-state index contributed by atoms with van der Waals surface area (Å²) in [6, 6.07) is 6.97. The van der Waals surface area contributed by atoms with E-state index in [-0.39, 0.29) is 11.6 Å². The van der Waals surface area contributed by atoms with Gasteiger partial charge in [0.15, 0.2) is 11.4 Å². The first-order valence-corrected chi connectivity index (χ1v) is 5.94. The van der Waals surface area contributed by atoms with Crippen LogP contribution in [0.3, 0.4) is 0 Å². The molecular weight excluding hydrogens is 250 g/mol. The van der Waals surface area contributed by atoms with Crippen molar-refractivity contribution in [2.75, 3.05) is 4.31 Å². The van der Waals surface area contributed by atoms with Gasteiger partial charge in [-0.1, -0.05) is 30.1 Å². The first-order valence-electron chi connectivity index (χ1n) is 5.54. The molecule has 0 atom stereocenters. The fourth-order valence-corrected chi connectivity index (χ4v) is 1.69. The molecule has 18 heavy (non-hydrogen) atoms. The highest BCUT2D eigenvalue weighted by molar-refractivity contribution is 7.82. The van der Waals surface area contributed by atoms with Crippen molar-refractivity contribution in [2.24, 2.45) is 0 Å². The van der Waals surface area contributed by atoms with Gasteiger partial charge >= 0.3 is 6.03 Å². The van der Waals surface area contributed by atoms with Crippen LogP contribution in [0.2, 0.25) is 0 Å². The van der Waals surface area contributed by atoms with Crippen molar-refractivity contribution in [3.8, 4) is 0 Å². The summed E-state index contributed by atoms with van der Waals surface area (Å²) in [6.45, 7) is 5.69. The summed E-state index contributed by atoms with van der Waals surface area (Å²) in [5.74, 6) is 0.385. The lowest BCUT2D eigenvalue weighted by atomic mass is 10.1. The molecular formula is C12H15N3O2S. The molecule has 0 bridgehead atoms.